The van der Waals surface area contributed by atoms with Gasteiger partial charge in [-0.1, -0.05) is 12.1 Å². The molecule has 0 bridgehead atoms. The number of furan rings is 1. The first-order valence-corrected chi connectivity index (χ1v) is 8.76. The van der Waals surface area contributed by atoms with Crippen LogP contribution in [0, 0.1) is 5.82 Å². The summed E-state index contributed by atoms with van der Waals surface area (Å²) in [5.41, 5.74) is 0.566. The molecular formula is C20H17FN2O5. The lowest BCUT2D eigenvalue weighted by Gasteiger charge is -2.04. The van der Waals surface area contributed by atoms with Crippen LogP contribution >= 0.6 is 0 Å². The zero-order chi connectivity index (χ0) is 19.5. The van der Waals surface area contributed by atoms with E-state index in [-0.39, 0.29) is 24.9 Å². The van der Waals surface area contributed by atoms with Gasteiger partial charge in [-0.3, -0.25) is 0 Å². The van der Waals surface area contributed by atoms with Gasteiger partial charge in [-0.15, -0.1) is 5.10 Å². The van der Waals surface area contributed by atoms with Crippen LogP contribution in [0.1, 0.15) is 6.92 Å². The zero-order valence-corrected chi connectivity index (χ0v) is 15.1. The third-order valence-electron chi connectivity index (χ3n) is 4.01. The summed E-state index contributed by atoms with van der Waals surface area (Å²) in [5.74, 6) is 0.550. The van der Waals surface area contributed by atoms with E-state index in [1.807, 2.05) is 19.1 Å². The van der Waals surface area contributed by atoms with Crippen LogP contribution in [0.5, 0.6) is 11.5 Å². The number of para-hydroxylation sites is 1. The maximum absolute atomic E-state index is 12.9. The van der Waals surface area contributed by atoms with Crippen molar-refractivity contribution in [1.82, 2.24) is 9.78 Å². The highest BCUT2D eigenvalue weighted by Crippen LogP contribution is 2.32. The second-order valence-corrected chi connectivity index (χ2v) is 5.92. The quantitative estimate of drug-likeness (QED) is 0.481. The number of fused-ring (bicyclic) bond motifs is 1. The SMILES string of the molecule is CCOc1cccc2cc(-c3nn(CCOc4ccc(F)cc4)c(=O)o3)oc12. The highest BCUT2D eigenvalue weighted by atomic mass is 19.1. The van der Waals surface area contributed by atoms with Crippen LogP contribution < -0.4 is 15.2 Å². The summed E-state index contributed by atoms with van der Waals surface area (Å²) >= 11 is 0. The standard InChI is InChI=1S/C20H17FN2O5/c1-2-25-16-5-3-4-13-12-17(27-18(13)16)19-22-23(20(24)28-19)10-11-26-15-8-6-14(21)7-9-15/h3-9,12H,2,10-11H2,1H3. The van der Waals surface area contributed by atoms with E-state index in [0.717, 1.165) is 10.1 Å². The van der Waals surface area contributed by atoms with Crippen LogP contribution in [-0.2, 0) is 6.54 Å². The smallest absolute Gasteiger partial charge is 0.437 e. The lowest BCUT2D eigenvalue weighted by Crippen LogP contribution is -2.20. The molecule has 2 aromatic carbocycles. The van der Waals surface area contributed by atoms with Crippen LogP contribution in [0.25, 0.3) is 22.6 Å². The Labute approximate surface area is 158 Å². The van der Waals surface area contributed by atoms with E-state index >= 15 is 0 Å². The monoisotopic (exact) mass is 384 g/mol. The Balaban J connectivity index is 1.51. The van der Waals surface area contributed by atoms with Crippen molar-refractivity contribution in [1.29, 1.82) is 0 Å². The molecule has 0 saturated heterocycles. The third-order valence-corrected chi connectivity index (χ3v) is 4.01. The van der Waals surface area contributed by atoms with Gasteiger partial charge in [-0.25, -0.2) is 9.18 Å². The fraction of sp³-hybridized carbons (Fsp3) is 0.200. The van der Waals surface area contributed by atoms with Crippen LogP contribution in [0.3, 0.4) is 0 Å². The summed E-state index contributed by atoms with van der Waals surface area (Å²) in [7, 11) is 0. The number of aromatic nitrogens is 2. The summed E-state index contributed by atoms with van der Waals surface area (Å²) in [4.78, 5) is 12.0. The molecule has 0 aliphatic heterocycles. The molecule has 2 aromatic heterocycles. The summed E-state index contributed by atoms with van der Waals surface area (Å²) in [6.07, 6.45) is 0. The number of ether oxygens (including phenoxy) is 2. The average Bonchev–Trinajstić information content (AvgIpc) is 3.28. The highest BCUT2D eigenvalue weighted by Gasteiger charge is 2.17. The first-order valence-electron chi connectivity index (χ1n) is 8.76. The summed E-state index contributed by atoms with van der Waals surface area (Å²) < 4.78 is 36.1. The predicted octanol–water partition coefficient (Wildman–Crippen LogP) is 3.87. The predicted molar refractivity (Wildman–Crippen MR) is 99.0 cm³/mol. The van der Waals surface area contributed by atoms with Crippen LogP contribution in [0.2, 0.25) is 0 Å². The van der Waals surface area contributed by atoms with E-state index < -0.39 is 5.76 Å². The summed E-state index contributed by atoms with van der Waals surface area (Å²) in [6, 6.07) is 12.9. The molecule has 0 fully saturated rings. The Morgan fingerprint density at radius 1 is 1.11 bits per heavy atom. The Hall–Kier alpha value is -3.55. The van der Waals surface area contributed by atoms with Gasteiger partial charge in [-0.2, -0.15) is 4.68 Å². The van der Waals surface area contributed by atoms with E-state index in [4.69, 9.17) is 18.3 Å². The lowest BCUT2D eigenvalue weighted by atomic mass is 10.2. The topological polar surface area (TPSA) is 79.6 Å². The number of rotatable bonds is 7. The molecular weight excluding hydrogens is 367 g/mol. The molecule has 0 radical (unpaired) electrons. The molecule has 7 nitrogen and oxygen atoms in total. The minimum atomic E-state index is -0.622. The van der Waals surface area contributed by atoms with E-state index in [2.05, 4.69) is 5.10 Å². The van der Waals surface area contributed by atoms with Crippen molar-refractivity contribution < 1.29 is 22.7 Å². The molecule has 0 atom stereocenters. The van der Waals surface area contributed by atoms with Gasteiger partial charge < -0.3 is 18.3 Å². The van der Waals surface area contributed by atoms with Crippen LogP contribution in [-0.4, -0.2) is 23.0 Å². The second kappa shape index (κ2) is 7.59. The average molecular weight is 384 g/mol. The van der Waals surface area contributed by atoms with Gasteiger partial charge in [-0.05, 0) is 43.3 Å². The molecule has 4 aromatic rings. The largest absolute Gasteiger partial charge is 0.492 e. The fourth-order valence-electron chi connectivity index (χ4n) is 2.74. The van der Waals surface area contributed by atoms with Crippen molar-refractivity contribution >= 4 is 11.0 Å². The molecule has 144 valence electrons. The summed E-state index contributed by atoms with van der Waals surface area (Å²) in [6.45, 7) is 2.74. The van der Waals surface area contributed by atoms with Gasteiger partial charge in [0.15, 0.2) is 17.1 Å². The number of hydrogen-bond acceptors (Lipinski definition) is 6. The number of benzene rings is 2. The molecule has 0 aliphatic rings. The second-order valence-electron chi connectivity index (χ2n) is 5.92. The van der Waals surface area contributed by atoms with Gasteiger partial charge in [0, 0.05) is 5.39 Å². The Bertz CT molecular complexity index is 1140. The molecule has 8 heteroatoms. The van der Waals surface area contributed by atoms with Crippen molar-refractivity contribution in [2.24, 2.45) is 0 Å². The van der Waals surface area contributed by atoms with Crippen molar-refractivity contribution in [3.05, 3.63) is 64.9 Å². The normalized spacial score (nSPS) is 11.1. The van der Waals surface area contributed by atoms with Crippen molar-refractivity contribution in [2.45, 2.75) is 13.5 Å². The number of nitrogens with zero attached hydrogens (tertiary/aromatic N) is 2. The van der Waals surface area contributed by atoms with Crippen molar-refractivity contribution in [3.63, 3.8) is 0 Å². The Morgan fingerprint density at radius 2 is 1.93 bits per heavy atom. The Kier molecular flexibility index (Phi) is 4.84. The van der Waals surface area contributed by atoms with E-state index in [0.29, 0.717) is 29.4 Å². The molecule has 0 aliphatic carbocycles. The molecule has 0 spiro atoms. The maximum Gasteiger partial charge on any atom is 0.437 e. The molecule has 0 unspecified atom stereocenters. The van der Waals surface area contributed by atoms with Gasteiger partial charge in [0.25, 0.3) is 5.89 Å². The van der Waals surface area contributed by atoms with Gasteiger partial charge in [0.1, 0.15) is 18.2 Å². The third kappa shape index (κ3) is 3.62. The van der Waals surface area contributed by atoms with Gasteiger partial charge >= 0.3 is 5.76 Å². The van der Waals surface area contributed by atoms with Gasteiger partial charge in [0.05, 0.1) is 13.2 Å². The Morgan fingerprint density at radius 3 is 2.71 bits per heavy atom. The van der Waals surface area contributed by atoms with Crippen LogP contribution in [0.15, 0.2) is 62.2 Å². The van der Waals surface area contributed by atoms with Crippen molar-refractivity contribution in [2.75, 3.05) is 13.2 Å². The van der Waals surface area contributed by atoms with E-state index in [1.165, 1.54) is 24.3 Å². The van der Waals surface area contributed by atoms with Crippen LogP contribution in [0.4, 0.5) is 4.39 Å². The summed E-state index contributed by atoms with van der Waals surface area (Å²) in [5, 5.41) is 4.98. The van der Waals surface area contributed by atoms with Gasteiger partial charge in [0.2, 0.25) is 0 Å². The molecule has 0 amide bonds. The fourth-order valence-corrected chi connectivity index (χ4v) is 2.74. The number of hydrogen-bond donors (Lipinski definition) is 0. The molecule has 2 heterocycles. The highest BCUT2D eigenvalue weighted by molar-refractivity contribution is 5.86. The lowest BCUT2D eigenvalue weighted by molar-refractivity contribution is 0.285. The minimum absolute atomic E-state index is 0.0745. The minimum Gasteiger partial charge on any atom is -0.492 e. The number of halogens is 1. The first-order chi connectivity index (χ1) is 13.6. The van der Waals surface area contributed by atoms with E-state index in [1.54, 1.807) is 12.1 Å². The first kappa shape index (κ1) is 17.8. The van der Waals surface area contributed by atoms with Crippen molar-refractivity contribution in [3.8, 4) is 23.1 Å². The van der Waals surface area contributed by atoms with E-state index in [9.17, 15) is 9.18 Å². The molecule has 0 N–H and O–H groups in total. The zero-order valence-electron chi connectivity index (χ0n) is 15.1. The maximum atomic E-state index is 12.9. The molecule has 4 rings (SSSR count). The molecule has 0 saturated carbocycles. The molecule has 28 heavy (non-hydrogen) atoms.